The highest BCUT2D eigenvalue weighted by molar-refractivity contribution is 5.99. The van der Waals surface area contributed by atoms with Crippen molar-refractivity contribution in [1.82, 2.24) is 10.3 Å². The number of aryl methyl sites for hydroxylation is 2. The molecular formula is C18H15F3N2O2. The second-order valence-electron chi connectivity index (χ2n) is 5.79. The SMILES string of the molecule is Cc1ccc2oc(C(=O)N[C@H](c3cccnc3)C(F)(F)F)c(C)c2c1. The number of hydrogen-bond donors (Lipinski definition) is 1. The first kappa shape index (κ1) is 17.0. The molecule has 0 fully saturated rings. The Labute approximate surface area is 141 Å². The van der Waals surface area contributed by atoms with Gasteiger partial charge in [-0.05, 0) is 32.0 Å². The second-order valence-corrected chi connectivity index (χ2v) is 5.79. The molecule has 3 rings (SSSR count). The molecular weight excluding hydrogens is 333 g/mol. The second kappa shape index (κ2) is 6.23. The molecule has 130 valence electrons. The van der Waals surface area contributed by atoms with Gasteiger partial charge in [0.25, 0.3) is 5.91 Å². The van der Waals surface area contributed by atoms with Gasteiger partial charge in [-0.3, -0.25) is 9.78 Å². The van der Waals surface area contributed by atoms with Crippen LogP contribution in [0.2, 0.25) is 0 Å². The summed E-state index contributed by atoms with van der Waals surface area (Å²) in [5.41, 5.74) is 1.78. The van der Waals surface area contributed by atoms with E-state index in [2.05, 4.69) is 4.98 Å². The van der Waals surface area contributed by atoms with Gasteiger partial charge in [0.2, 0.25) is 0 Å². The molecule has 1 atom stereocenters. The Balaban J connectivity index is 1.96. The maximum atomic E-state index is 13.4. The van der Waals surface area contributed by atoms with E-state index in [1.54, 1.807) is 19.1 Å². The number of fused-ring (bicyclic) bond motifs is 1. The number of nitrogens with zero attached hydrogens (tertiary/aromatic N) is 1. The Bertz CT molecular complexity index is 917. The van der Waals surface area contributed by atoms with Crippen LogP contribution in [0.15, 0.2) is 47.1 Å². The zero-order valence-electron chi connectivity index (χ0n) is 13.5. The summed E-state index contributed by atoms with van der Waals surface area (Å²) in [6, 6.07) is 5.81. The highest BCUT2D eigenvalue weighted by atomic mass is 19.4. The van der Waals surface area contributed by atoms with E-state index in [1.807, 2.05) is 18.3 Å². The molecule has 1 N–H and O–H groups in total. The van der Waals surface area contributed by atoms with E-state index >= 15 is 0 Å². The number of furan rings is 1. The molecule has 0 aliphatic heterocycles. The van der Waals surface area contributed by atoms with Crippen molar-refractivity contribution in [3.05, 3.63) is 65.2 Å². The van der Waals surface area contributed by atoms with E-state index in [0.717, 1.165) is 11.8 Å². The lowest BCUT2D eigenvalue weighted by molar-refractivity contribution is -0.155. The summed E-state index contributed by atoms with van der Waals surface area (Å²) in [4.78, 5) is 16.1. The van der Waals surface area contributed by atoms with Crippen LogP contribution in [0.4, 0.5) is 13.2 Å². The number of aromatic nitrogens is 1. The van der Waals surface area contributed by atoms with Crippen LogP contribution >= 0.6 is 0 Å². The van der Waals surface area contributed by atoms with E-state index in [0.29, 0.717) is 16.5 Å². The summed E-state index contributed by atoms with van der Waals surface area (Å²) < 4.78 is 45.6. The normalized spacial score (nSPS) is 13.0. The fraction of sp³-hybridized carbons (Fsp3) is 0.222. The lowest BCUT2D eigenvalue weighted by Crippen LogP contribution is -2.38. The van der Waals surface area contributed by atoms with Crippen molar-refractivity contribution in [2.24, 2.45) is 0 Å². The number of hydrogen-bond acceptors (Lipinski definition) is 3. The van der Waals surface area contributed by atoms with E-state index in [-0.39, 0.29) is 11.3 Å². The van der Waals surface area contributed by atoms with Crippen LogP contribution in [-0.2, 0) is 0 Å². The lowest BCUT2D eigenvalue weighted by atomic mass is 10.1. The van der Waals surface area contributed by atoms with Crippen molar-refractivity contribution in [2.75, 3.05) is 0 Å². The summed E-state index contributed by atoms with van der Waals surface area (Å²) in [7, 11) is 0. The van der Waals surface area contributed by atoms with Crippen molar-refractivity contribution in [2.45, 2.75) is 26.1 Å². The van der Waals surface area contributed by atoms with Gasteiger partial charge in [0.15, 0.2) is 11.8 Å². The number of rotatable bonds is 3. The van der Waals surface area contributed by atoms with E-state index in [4.69, 9.17) is 4.42 Å². The van der Waals surface area contributed by atoms with Crippen molar-refractivity contribution in [1.29, 1.82) is 0 Å². The fourth-order valence-electron chi connectivity index (χ4n) is 2.65. The van der Waals surface area contributed by atoms with E-state index in [9.17, 15) is 18.0 Å². The average molecular weight is 348 g/mol. The third-order valence-electron chi connectivity index (χ3n) is 3.92. The highest BCUT2D eigenvalue weighted by Gasteiger charge is 2.42. The summed E-state index contributed by atoms with van der Waals surface area (Å²) in [6.07, 6.45) is -2.22. The van der Waals surface area contributed by atoms with Gasteiger partial charge in [0.1, 0.15) is 5.58 Å². The third-order valence-corrected chi connectivity index (χ3v) is 3.92. The highest BCUT2D eigenvalue weighted by Crippen LogP contribution is 2.33. The molecule has 25 heavy (non-hydrogen) atoms. The van der Waals surface area contributed by atoms with Gasteiger partial charge < -0.3 is 9.73 Å². The van der Waals surface area contributed by atoms with Gasteiger partial charge >= 0.3 is 6.18 Å². The predicted molar refractivity (Wildman–Crippen MR) is 86.2 cm³/mol. The summed E-state index contributed by atoms with van der Waals surface area (Å²) in [6.45, 7) is 3.53. The molecule has 0 spiro atoms. The van der Waals surface area contributed by atoms with Crippen LogP contribution in [0.1, 0.15) is 33.3 Å². The number of amides is 1. The zero-order valence-corrected chi connectivity index (χ0v) is 13.5. The Morgan fingerprint density at radius 1 is 1.24 bits per heavy atom. The van der Waals surface area contributed by atoms with Gasteiger partial charge in [-0.25, -0.2) is 0 Å². The molecule has 1 amide bonds. The lowest BCUT2D eigenvalue weighted by Gasteiger charge is -2.21. The van der Waals surface area contributed by atoms with Crippen LogP contribution in [0.5, 0.6) is 0 Å². The molecule has 2 aromatic heterocycles. The number of pyridine rings is 1. The topological polar surface area (TPSA) is 55.1 Å². The zero-order chi connectivity index (χ0) is 18.2. The largest absolute Gasteiger partial charge is 0.451 e. The first-order chi connectivity index (χ1) is 11.8. The number of nitrogens with one attached hydrogen (secondary N) is 1. The number of alkyl halides is 3. The Kier molecular flexibility index (Phi) is 4.24. The van der Waals surface area contributed by atoms with Gasteiger partial charge in [-0.15, -0.1) is 0 Å². The Morgan fingerprint density at radius 2 is 2.00 bits per heavy atom. The Morgan fingerprint density at radius 3 is 2.64 bits per heavy atom. The molecule has 0 aliphatic rings. The molecule has 0 saturated heterocycles. The molecule has 7 heteroatoms. The standard InChI is InChI=1S/C18H15F3N2O2/c1-10-5-6-14-13(8-10)11(2)15(25-14)17(24)23-16(18(19,20)21)12-4-3-7-22-9-12/h3-9,16H,1-2H3,(H,23,24)/t16-/m1/s1. The van der Waals surface area contributed by atoms with Crippen molar-refractivity contribution in [3.8, 4) is 0 Å². The van der Waals surface area contributed by atoms with Crippen LogP contribution in [0.25, 0.3) is 11.0 Å². The minimum absolute atomic E-state index is 0.126. The predicted octanol–water partition coefficient (Wildman–Crippen LogP) is 4.48. The molecule has 0 bridgehead atoms. The van der Waals surface area contributed by atoms with Crippen molar-refractivity contribution < 1.29 is 22.4 Å². The van der Waals surface area contributed by atoms with Gasteiger partial charge in [-0.2, -0.15) is 13.2 Å². The monoisotopic (exact) mass is 348 g/mol. The molecule has 0 saturated carbocycles. The summed E-state index contributed by atoms with van der Waals surface area (Å²) >= 11 is 0. The van der Waals surface area contributed by atoms with E-state index in [1.165, 1.54) is 18.3 Å². The smallest absolute Gasteiger partial charge is 0.412 e. The molecule has 0 unspecified atom stereocenters. The van der Waals surface area contributed by atoms with Gasteiger partial charge in [0, 0.05) is 28.9 Å². The third kappa shape index (κ3) is 3.35. The fourth-order valence-corrected chi connectivity index (χ4v) is 2.65. The molecule has 1 aromatic carbocycles. The van der Waals surface area contributed by atoms with Gasteiger partial charge in [-0.1, -0.05) is 17.7 Å². The van der Waals surface area contributed by atoms with Crippen molar-refractivity contribution in [3.63, 3.8) is 0 Å². The van der Waals surface area contributed by atoms with Crippen LogP contribution in [0, 0.1) is 13.8 Å². The number of carbonyl (C=O) groups is 1. The number of carbonyl (C=O) groups excluding carboxylic acids is 1. The summed E-state index contributed by atoms with van der Waals surface area (Å²) in [5.74, 6) is -1.05. The molecule has 2 heterocycles. The molecule has 4 nitrogen and oxygen atoms in total. The molecule has 3 aromatic rings. The Hall–Kier alpha value is -2.83. The number of benzene rings is 1. The van der Waals surface area contributed by atoms with Crippen LogP contribution in [-0.4, -0.2) is 17.1 Å². The first-order valence-electron chi connectivity index (χ1n) is 7.54. The molecule has 0 radical (unpaired) electrons. The van der Waals surface area contributed by atoms with Gasteiger partial charge in [0.05, 0.1) is 0 Å². The minimum atomic E-state index is -4.66. The maximum Gasteiger partial charge on any atom is 0.412 e. The quantitative estimate of drug-likeness (QED) is 0.759. The average Bonchev–Trinajstić information content (AvgIpc) is 2.89. The summed E-state index contributed by atoms with van der Waals surface area (Å²) in [5, 5.41) is 2.71. The minimum Gasteiger partial charge on any atom is -0.451 e. The first-order valence-corrected chi connectivity index (χ1v) is 7.54. The number of halogens is 3. The maximum absolute atomic E-state index is 13.4. The van der Waals surface area contributed by atoms with Crippen LogP contribution in [0.3, 0.4) is 0 Å². The van der Waals surface area contributed by atoms with E-state index < -0.39 is 18.1 Å². The molecule has 0 aliphatic carbocycles. The van der Waals surface area contributed by atoms with Crippen LogP contribution < -0.4 is 5.32 Å². The van der Waals surface area contributed by atoms with Crippen molar-refractivity contribution >= 4 is 16.9 Å².